The maximum absolute atomic E-state index is 12.7. The fourth-order valence-electron chi connectivity index (χ4n) is 7.70. The van der Waals surface area contributed by atoms with Crippen molar-refractivity contribution in [2.75, 3.05) is 48.7 Å². The number of nitro groups is 1. The molecule has 0 aromatic heterocycles. The fourth-order valence-corrected chi connectivity index (χ4v) is 7.70. The topological polar surface area (TPSA) is 173 Å². The molecule has 5 aromatic rings. The lowest BCUT2D eigenvalue weighted by Crippen LogP contribution is -2.49. The van der Waals surface area contributed by atoms with Crippen LogP contribution in [-0.4, -0.2) is 65.6 Å². The molecule has 2 fully saturated rings. The minimum absolute atomic E-state index is 0.0274. The van der Waals surface area contributed by atoms with Crippen molar-refractivity contribution in [1.82, 2.24) is 10.2 Å². The minimum Gasteiger partial charge on any atom is -0.397 e. The molecule has 2 aliphatic heterocycles. The predicted octanol–water partition coefficient (Wildman–Crippen LogP) is 7.52. The minimum atomic E-state index is -0.613. The third-order valence-electron chi connectivity index (χ3n) is 11.1. The molecule has 5 N–H and O–H groups in total. The van der Waals surface area contributed by atoms with E-state index in [1.54, 1.807) is 24.3 Å². The summed E-state index contributed by atoms with van der Waals surface area (Å²) in [5.41, 5.74) is 13.8. The number of unbranched alkanes of at least 4 members (excludes halogenated alkanes) is 1. The molecular formula is C47H52N6O7. The molecule has 2 aliphatic rings. The molecule has 13 heteroatoms. The van der Waals surface area contributed by atoms with Crippen LogP contribution in [0, 0.1) is 10.1 Å². The summed E-state index contributed by atoms with van der Waals surface area (Å²) in [5.74, 6) is -0.194. The van der Waals surface area contributed by atoms with Gasteiger partial charge in [-0.2, -0.15) is 0 Å². The number of nitrogen functional groups attached to an aromatic ring is 1. The lowest BCUT2D eigenvalue weighted by atomic mass is 9.98. The highest BCUT2D eigenvalue weighted by Gasteiger charge is 2.34. The SMILES string of the molecule is Nc1ccccc1NC(=O)CCCCC(=O)NCc1cccc(-c2cccc([C@H]3O[C@@H](CN4CCN(c5ccc([N+](=O)[O-])cc5)CC4)C[C@@H](c4ccc(CO)cc4)O3)c2)c1. The first kappa shape index (κ1) is 42.0. The van der Waals surface area contributed by atoms with Crippen LogP contribution >= 0.6 is 0 Å². The van der Waals surface area contributed by atoms with E-state index in [0.29, 0.717) is 50.0 Å². The highest BCUT2D eigenvalue weighted by molar-refractivity contribution is 5.93. The lowest BCUT2D eigenvalue weighted by molar-refractivity contribution is -0.384. The van der Waals surface area contributed by atoms with Crippen molar-refractivity contribution in [3.8, 4) is 11.1 Å². The number of anilines is 3. The van der Waals surface area contributed by atoms with Crippen molar-refractivity contribution in [2.24, 2.45) is 0 Å². The second kappa shape index (κ2) is 20.2. The number of non-ortho nitro benzene ring substituents is 1. The van der Waals surface area contributed by atoms with Gasteiger partial charge in [-0.15, -0.1) is 0 Å². The van der Waals surface area contributed by atoms with Gasteiger partial charge in [0.05, 0.1) is 35.1 Å². The molecule has 3 atom stereocenters. The maximum atomic E-state index is 12.7. The molecular weight excluding hydrogens is 761 g/mol. The number of nitrogens with zero attached hydrogens (tertiary/aromatic N) is 3. The smallest absolute Gasteiger partial charge is 0.269 e. The second-order valence-electron chi connectivity index (χ2n) is 15.4. The highest BCUT2D eigenvalue weighted by Crippen LogP contribution is 2.39. The molecule has 2 amide bonds. The Hall–Kier alpha value is -6.12. The Kier molecular flexibility index (Phi) is 14.2. The summed E-state index contributed by atoms with van der Waals surface area (Å²) in [5, 5.41) is 26.6. The maximum Gasteiger partial charge on any atom is 0.269 e. The number of nitrogens with one attached hydrogen (secondary N) is 2. The van der Waals surface area contributed by atoms with E-state index >= 15 is 0 Å². The molecule has 2 saturated heterocycles. The zero-order chi connectivity index (χ0) is 41.8. The Morgan fingerprint density at radius 3 is 2.18 bits per heavy atom. The van der Waals surface area contributed by atoms with Crippen LogP contribution in [0.5, 0.6) is 0 Å². The molecule has 5 aromatic carbocycles. The number of benzene rings is 5. The molecule has 13 nitrogen and oxygen atoms in total. The molecule has 2 heterocycles. The number of hydrogen-bond donors (Lipinski definition) is 4. The molecule has 0 unspecified atom stereocenters. The van der Waals surface area contributed by atoms with Crippen LogP contribution in [0.4, 0.5) is 22.7 Å². The fraction of sp³-hybridized carbons (Fsp3) is 0.319. The molecule has 0 radical (unpaired) electrons. The standard InChI is InChI=1S/C47H52N6O7/c48-42-11-1-2-12-43(42)50-46(56)14-4-3-13-45(55)49-30-34-7-5-8-36(27-34)37-9-6-10-38(28-37)47-59-41(29-44(60-47)35-17-15-33(32-54)16-18-35)31-51-23-25-52(26-24-51)39-19-21-40(22-20-39)53(57)58/h1-2,5-12,15-22,27-28,41,44,47,54H,3-4,13-14,23-26,29-32,48H2,(H,49,55)(H,50,56)/t41-,44+,47+/m1/s1. The van der Waals surface area contributed by atoms with Gasteiger partial charge in [0.1, 0.15) is 0 Å². The quantitative estimate of drug-likeness (QED) is 0.0338. The first-order chi connectivity index (χ1) is 29.2. The second-order valence-corrected chi connectivity index (χ2v) is 15.4. The number of nitro benzene ring substituents is 1. The number of ether oxygens (including phenoxy) is 2. The number of nitrogens with two attached hydrogens (primary N) is 1. The van der Waals surface area contributed by atoms with E-state index in [9.17, 15) is 24.8 Å². The third kappa shape index (κ3) is 11.3. The van der Waals surface area contributed by atoms with Gasteiger partial charge in [-0.25, -0.2) is 0 Å². The van der Waals surface area contributed by atoms with E-state index in [1.807, 2.05) is 78.9 Å². The van der Waals surface area contributed by atoms with Crippen molar-refractivity contribution in [3.05, 3.63) is 154 Å². The van der Waals surface area contributed by atoms with Crippen molar-refractivity contribution in [1.29, 1.82) is 0 Å². The van der Waals surface area contributed by atoms with Crippen LogP contribution in [0.2, 0.25) is 0 Å². The zero-order valence-electron chi connectivity index (χ0n) is 33.6. The monoisotopic (exact) mass is 812 g/mol. The van der Waals surface area contributed by atoms with Crippen molar-refractivity contribution in [2.45, 2.75) is 63.8 Å². The van der Waals surface area contributed by atoms with Crippen LogP contribution in [-0.2, 0) is 32.2 Å². The number of amides is 2. The van der Waals surface area contributed by atoms with Gasteiger partial charge in [0, 0.05) is 81.9 Å². The van der Waals surface area contributed by atoms with E-state index in [0.717, 1.165) is 71.8 Å². The van der Waals surface area contributed by atoms with E-state index < -0.39 is 6.29 Å². The molecule has 0 saturated carbocycles. The zero-order valence-corrected chi connectivity index (χ0v) is 33.6. The van der Waals surface area contributed by atoms with E-state index in [1.165, 1.54) is 0 Å². The Morgan fingerprint density at radius 2 is 1.47 bits per heavy atom. The number of hydrogen-bond acceptors (Lipinski definition) is 10. The summed E-state index contributed by atoms with van der Waals surface area (Å²) in [6, 6.07) is 38.0. The van der Waals surface area contributed by atoms with E-state index in [2.05, 4.69) is 38.6 Å². The molecule has 0 spiro atoms. The summed E-state index contributed by atoms with van der Waals surface area (Å²) in [6.45, 7) is 4.34. The number of piperazine rings is 1. The largest absolute Gasteiger partial charge is 0.397 e. The lowest BCUT2D eigenvalue weighted by Gasteiger charge is -2.41. The van der Waals surface area contributed by atoms with E-state index in [-0.39, 0.29) is 41.2 Å². The van der Waals surface area contributed by atoms with Crippen LogP contribution in [0.15, 0.2) is 121 Å². The van der Waals surface area contributed by atoms with Gasteiger partial charge in [0.15, 0.2) is 6.29 Å². The normalized spacial score (nSPS) is 18.1. The van der Waals surface area contributed by atoms with Crippen LogP contribution in [0.25, 0.3) is 11.1 Å². The van der Waals surface area contributed by atoms with Crippen LogP contribution in [0.1, 0.15) is 66.8 Å². The Bertz CT molecular complexity index is 2230. The van der Waals surface area contributed by atoms with Gasteiger partial charge in [0.25, 0.3) is 5.69 Å². The average Bonchev–Trinajstić information content (AvgIpc) is 3.28. The Balaban J connectivity index is 0.951. The number of aliphatic hydroxyl groups is 1. The van der Waals surface area contributed by atoms with Crippen molar-refractivity contribution >= 4 is 34.6 Å². The molecule has 0 aliphatic carbocycles. The van der Waals surface area contributed by atoms with Crippen molar-refractivity contribution < 1.29 is 29.1 Å². The number of rotatable bonds is 16. The van der Waals surface area contributed by atoms with Crippen LogP contribution < -0.4 is 21.3 Å². The van der Waals surface area contributed by atoms with Gasteiger partial charge < -0.3 is 35.8 Å². The molecule has 312 valence electrons. The highest BCUT2D eigenvalue weighted by atomic mass is 16.7. The first-order valence-corrected chi connectivity index (χ1v) is 20.5. The Morgan fingerprint density at radius 1 is 0.767 bits per heavy atom. The van der Waals surface area contributed by atoms with Crippen LogP contribution in [0.3, 0.4) is 0 Å². The molecule has 7 rings (SSSR count). The van der Waals surface area contributed by atoms with E-state index in [4.69, 9.17) is 15.2 Å². The van der Waals surface area contributed by atoms with Gasteiger partial charge >= 0.3 is 0 Å². The van der Waals surface area contributed by atoms with Gasteiger partial charge in [-0.3, -0.25) is 24.6 Å². The first-order valence-electron chi connectivity index (χ1n) is 20.5. The summed E-state index contributed by atoms with van der Waals surface area (Å²) >= 11 is 0. The average molecular weight is 813 g/mol. The molecule has 60 heavy (non-hydrogen) atoms. The number of carbonyl (C=O) groups is 2. The molecule has 0 bridgehead atoms. The Labute approximate surface area is 350 Å². The number of aliphatic hydroxyl groups excluding tert-OH is 1. The van der Waals surface area contributed by atoms with Gasteiger partial charge in [-0.05, 0) is 77.1 Å². The summed E-state index contributed by atoms with van der Waals surface area (Å²) in [4.78, 5) is 40.4. The number of carbonyl (C=O) groups excluding carboxylic acids is 2. The predicted molar refractivity (Wildman–Crippen MR) is 232 cm³/mol. The summed E-state index contributed by atoms with van der Waals surface area (Å²) < 4.78 is 13.4. The third-order valence-corrected chi connectivity index (χ3v) is 11.1. The number of para-hydroxylation sites is 2. The van der Waals surface area contributed by atoms with Crippen molar-refractivity contribution in [3.63, 3.8) is 0 Å². The summed E-state index contributed by atoms with van der Waals surface area (Å²) in [7, 11) is 0. The van der Waals surface area contributed by atoms with Gasteiger partial charge in [-0.1, -0.05) is 72.8 Å². The van der Waals surface area contributed by atoms with Gasteiger partial charge in [0.2, 0.25) is 11.8 Å². The summed E-state index contributed by atoms with van der Waals surface area (Å²) in [6.07, 6.45) is 1.55.